The van der Waals surface area contributed by atoms with E-state index in [-0.39, 0.29) is 12.1 Å². The Morgan fingerprint density at radius 2 is 2.44 bits per heavy atom. The number of ether oxygens (including phenoxy) is 1. The fraction of sp³-hybridized carbons (Fsp3) is 1.00. The Hall–Kier alpha value is -0.120. The quantitative estimate of drug-likeness (QED) is 0.497. The summed E-state index contributed by atoms with van der Waals surface area (Å²) in [5.41, 5.74) is 0. The highest BCUT2D eigenvalue weighted by Crippen LogP contribution is 2.05. The van der Waals surface area contributed by atoms with E-state index in [1.807, 2.05) is 7.05 Å². The lowest BCUT2D eigenvalue weighted by molar-refractivity contribution is -0.0258. The Balaban J connectivity index is 2.30. The van der Waals surface area contributed by atoms with Gasteiger partial charge in [-0.05, 0) is 13.5 Å². The summed E-state index contributed by atoms with van der Waals surface area (Å²) in [5.74, 6) is 0. The molecule has 2 atom stereocenters. The number of nitrogens with one attached hydrogen (secondary N) is 1. The normalized spacial score (nSPS) is 36.7. The van der Waals surface area contributed by atoms with Gasteiger partial charge in [-0.1, -0.05) is 0 Å². The Morgan fingerprint density at radius 3 is 2.89 bits per heavy atom. The van der Waals surface area contributed by atoms with Crippen LogP contribution in [0.25, 0.3) is 0 Å². The van der Waals surface area contributed by atoms with Crippen LogP contribution in [0.5, 0.6) is 0 Å². The van der Waals surface area contributed by atoms with E-state index in [4.69, 9.17) is 4.74 Å². The van der Waals surface area contributed by atoms with Crippen LogP contribution in [0, 0.1) is 0 Å². The monoisotopic (exact) mass is 131 g/mol. The highest BCUT2D eigenvalue weighted by molar-refractivity contribution is 4.76. The fourth-order valence-corrected chi connectivity index (χ4v) is 1.06. The third-order valence-corrected chi connectivity index (χ3v) is 1.70. The summed E-state index contributed by atoms with van der Waals surface area (Å²) in [6, 6.07) is 0.235. The van der Waals surface area contributed by atoms with Crippen molar-refractivity contribution >= 4 is 0 Å². The lowest BCUT2D eigenvalue weighted by atomic mass is 10.1. The van der Waals surface area contributed by atoms with Crippen molar-refractivity contribution < 1.29 is 9.84 Å². The van der Waals surface area contributed by atoms with Gasteiger partial charge in [0.1, 0.15) is 0 Å². The summed E-state index contributed by atoms with van der Waals surface area (Å²) in [4.78, 5) is 0. The Bertz CT molecular complexity index is 87.1. The minimum atomic E-state index is -0.316. The van der Waals surface area contributed by atoms with Crippen LogP contribution in [0.15, 0.2) is 0 Å². The van der Waals surface area contributed by atoms with Gasteiger partial charge in [-0.3, -0.25) is 0 Å². The molecule has 0 amide bonds. The SMILES string of the molecule is CN[C@@H]1CCOC[C@@H]1O. The van der Waals surface area contributed by atoms with E-state index >= 15 is 0 Å². The molecule has 3 heteroatoms. The molecule has 1 rings (SSSR count). The van der Waals surface area contributed by atoms with Crippen LogP contribution in [0.2, 0.25) is 0 Å². The van der Waals surface area contributed by atoms with Crippen molar-refractivity contribution in [2.75, 3.05) is 20.3 Å². The molecular formula is C6H13NO2. The molecule has 1 aliphatic rings. The lowest BCUT2D eigenvalue weighted by Crippen LogP contribution is -2.44. The predicted molar refractivity (Wildman–Crippen MR) is 34.3 cm³/mol. The first-order chi connectivity index (χ1) is 4.34. The minimum Gasteiger partial charge on any atom is -0.389 e. The summed E-state index contributed by atoms with van der Waals surface area (Å²) >= 11 is 0. The molecule has 54 valence electrons. The first kappa shape index (κ1) is 6.99. The van der Waals surface area contributed by atoms with Crippen LogP contribution in [0.1, 0.15) is 6.42 Å². The van der Waals surface area contributed by atoms with Gasteiger partial charge in [-0.2, -0.15) is 0 Å². The molecule has 1 fully saturated rings. The number of aliphatic hydroxyl groups is 1. The Kier molecular flexibility index (Phi) is 2.45. The lowest BCUT2D eigenvalue weighted by Gasteiger charge is -2.26. The Morgan fingerprint density at radius 1 is 1.67 bits per heavy atom. The molecule has 1 heterocycles. The van der Waals surface area contributed by atoms with Gasteiger partial charge in [0.2, 0.25) is 0 Å². The van der Waals surface area contributed by atoms with E-state index in [0.29, 0.717) is 6.61 Å². The number of aliphatic hydroxyl groups excluding tert-OH is 1. The molecule has 1 aliphatic heterocycles. The van der Waals surface area contributed by atoms with Gasteiger partial charge in [0.25, 0.3) is 0 Å². The molecule has 0 radical (unpaired) electrons. The minimum absolute atomic E-state index is 0.235. The molecule has 0 aromatic carbocycles. The standard InChI is InChI=1S/C6H13NO2/c1-7-5-2-3-9-4-6(5)8/h5-8H,2-4H2,1H3/t5-,6+/m1/s1. The van der Waals surface area contributed by atoms with E-state index in [9.17, 15) is 5.11 Å². The molecule has 0 aromatic rings. The molecule has 0 spiro atoms. The average Bonchev–Trinajstić information content (AvgIpc) is 1.89. The summed E-state index contributed by atoms with van der Waals surface area (Å²) in [7, 11) is 1.86. The van der Waals surface area contributed by atoms with Gasteiger partial charge in [0.05, 0.1) is 12.7 Å². The largest absolute Gasteiger partial charge is 0.389 e. The van der Waals surface area contributed by atoms with E-state index in [1.165, 1.54) is 0 Å². The average molecular weight is 131 g/mol. The van der Waals surface area contributed by atoms with Crippen LogP contribution in [0.4, 0.5) is 0 Å². The maximum absolute atomic E-state index is 9.18. The molecule has 1 saturated heterocycles. The van der Waals surface area contributed by atoms with E-state index in [0.717, 1.165) is 13.0 Å². The molecule has 9 heavy (non-hydrogen) atoms. The topological polar surface area (TPSA) is 41.5 Å². The highest BCUT2D eigenvalue weighted by Gasteiger charge is 2.20. The molecule has 0 aliphatic carbocycles. The van der Waals surface area contributed by atoms with Gasteiger partial charge in [-0.25, -0.2) is 0 Å². The van der Waals surface area contributed by atoms with Crippen molar-refractivity contribution in [3.05, 3.63) is 0 Å². The van der Waals surface area contributed by atoms with Gasteiger partial charge in [0, 0.05) is 12.6 Å². The first-order valence-corrected chi connectivity index (χ1v) is 3.27. The third-order valence-electron chi connectivity index (χ3n) is 1.70. The zero-order chi connectivity index (χ0) is 6.69. The van der Waals surface area contributed by atoms with Crippen LogP contribution >= 0.6 is 0 Å². The van der Waals surface area contributed by atoms with E-state index in [2.05, 4.69) is 5.32 Å². The summed E-state index contributed by atoms with van der Waals surface area (Å²) < 4.78 is 5.02. The number of hydrogen-bond acceptors (Lipinski definition) is 3. The van der Waals surface area contributed by atoms with E-state index < -0.39 is 0 Å². The van der Waals surface area contributed by atoms with Crippen LogP contribution in [-0.4, -0.2) is 37.5 Å². The van der Waals surface area contributed by atoms with Crippen molar-refractivity contribution in [3.8, 4) is 0 Å². The van der Waals surface area contributed by atoms with Gasteiger partial charge in [-0.15, -0.1) is 0 Å². The number of hydrogen-bond donors (Lipinski definition) is 2. The molecule has 0 bridgehead atoms. The summed E-state index contributed by atoms with van der Waals surface area (Å²) in [6.45, 7) is 1.24. The third kappa shape index (κ3) is 1.64. The second-order valence-corrected chi connectivity index (χ2v) is 2.33. The molecule has 0 unspecified atom stereocenters. The molecular weight excluding hydrogens is 118 g/mol. The van der Waals surface area contributed by atoms with Gasteiger partial charge < -0.3 is 15.2 Å². The van der Waals surface area contributed by atoms with Crippen LogP contribution in [0.3, 0.4) is 0 Å². The van der Waals surface area contributed by atoms with Crippen molar-refractivity contribution in [2.24, 2.45) is 0 Å². The van der Waals surface area contributed by atoms with Gasteiger partial charge >= 0.3 is 0 Å². The fourth-order valence-electron chi connectivity index (χ4n) is 1.06. The number of rotatable bonds is 1. The second kappa shape index (κ2) is 3.15. The maximum atomic E-state index is 9.18. The maximum Gasteiger partial charge on any atom is 0.0926 e. The van der Waals surface area contributed by atoms with Crippen LogP contribution < -0.4 is 5.32 Å². The zero-order valence-corrected chi connectivity index (χ0v) is 5.63. The van der Waals surface area contributed by atoms with Crippen LogP contribution in [-0.2, 0) is 4.74 Å². The van der Waals surface area contributed by atoms with E-state index in [1.54, 1.807) is 0 Å². The zero-order valence-electron chi connectivity index (χ0n) is 5.63. The van der Waals surface area contributed by atoms with Crippen molar-refractivity contribution in [3.63, 3.8) is 0 Å². The smallest absolute Gasteiger partial charge is 0.0926 e. The van der Waals surface area contributed by atoms with Crippen molar-refractivity contribution in [1.29, 1.82) is 0 Å². The second-order valence-electron chi connectivity index (χ2n) is 2.33. The molecule has 3 nitrogen and oxygen atoms in total. The first-order valence-electron chi connectivity index (χ1n) is 3.27. The Labute approximate surface area is 55.0 Å². The highest BCUT2D eigenvalue weighted by atomic mass is 16.5. The molecule has 0 saturated carbocycles. The number of likely N-dealkylation sites (N-methyl/N-ethyl adjacent to an activating group) is 1. The summed E-state index contributed by atoms with van der Waals surface area (Å²) in [5, 5.41) is 12.2. The van der Waals surface area contributed by atoms with Crippen molar-refractivity contribution in [2.45, 2.75) is 18.6 Å². The predicted octanol–water partition coefficient (Wildman–Crippen LogP) is -0.644. The molecule has 2 N–H and O–H groups in total. The van der Waals surface area contributed by atoms with Gasteiger partial charge in [0.15, 0.2) is 0 Å². The summed E-state index contributed by atoms with van der Waals surface area (Å²) in [6.07, 6.45) is 0.598. The van der Waals surface area contributed by atoms with Crippen molar-refractivity contribution in [1.82, 2.24) is 5.32 Å². The molecule has 0 aromatic heterocycles.